The molecule has 0 fully saturated rings. The highest BCUT2D eigenvalue weighted by molar-refractivity contribution is 6.04. The molecule has 158 valence electrons. The van der Waals surface area contributed by atoms with Gasteiger partial charge in [-0.25, -0.2) is 9.78 Å². The minimum Gasteiger partial charge on any atom is -0.465 e. The van der Waals surface area contributed by atoms with Crippen LogP contribution < -0.4 is 22.3 Å². The Labute approximate surface area is 168 Å². The summed E-state index contributed by atoms with van der Waals surface area (Å²) in [6.45, 7) is 0.371. The second-order valence-electron chi connectivity index (χ2n) is 6.50. The van der Waals surface area contributed by atoms with Gasteiger partial charge in [0, 0.05) is 11.1 Å². The lowest BCUT2D eigenvalue weighted by atomic mass is 10.1. The van der Waals surface area contributed by atoms with Gasteiger partial charge in [-0.1, -0.05) is 0 Å². The molecule has 0 amide bonds. The van der Waals surface area contributed by atoms with Crippen LogP contribution in [0, 0.1) is 6.92 Å². The van der Waals surface area contributed by atoms with Gasteiger partial charge in [0.2, 0.25) is 0 Å². The molecule has 0 unspecified atom stereocenters. The van der Waals surface area contributed by atoms with Crippen LogP contribution in [0.25, 0.3) is 16.7 Å². The smallest absolute Gasteiger partial charge is 0.405 e. The molecule has 0 spiro atoms. The van der Waals surface area contributed by atoms with Crippen molar-refractivity contribution < 1.29 is 22.7 Å². The van der Waals surface area contributed by atoms with Crippen molar-refractivity contribution in [3.05, 3.63) is 51.8 Å². The van der Waals surface area contributed by atoms with Crippen molar-refractivity contribution in [3.63, 3.8) is 0 Å². The van der Waals surface area contributed by atoms with Crippen LogP contribution in [0.2, 0.25) is 0 Å². The van der Waals surface area contributed by atoms with Crippen LogP contribution in [0.15, 0.2) is 35.1 Å². The van der Waals surface area contributed by atoms with Gasteiger partial charge in [-0.2, -0.15) is 13.2 Å². The lowest BCUT2D eigenvalue weighted by Crippen LogP contribution is -2.29. The first-order valence-electron chi connectivity index (χ1n) is 8.64. The third-order valence-corrected chi connectivity index (χ3v) is 4.38. The fraction of sp³-hybridized carbons (Fsp3) is 0.211. The molecule has 0 radical (unpaired) electrons. The second kappa shape index (κ2) is 7.58. The van der Waals surface area contributed by atoms with Gasteiger partial charge in [-0.3, -0.25) is 9.36 Å². The fourth-order valence-corrected chi connectivity index (χ4v) is 3.03. The van der Waals surface area contributed by atoms with Gasteiger partial charge in [0.05, 0.1) is 18.5 Å². The monoisotopic (exact) mass is 421 g/mol. The van der Waals surface area contributed by atoms with Crippen LogP contribution >= 0.6 is 0 Å². The number of ether oxygens (including phenoxy) is 1. The van der Waals surface area contributed by atoms with E-state index in [-0.39, 0.29) is 22.5 Å². The predicted octanol–water partition coefficient (Wildman–Crippen LogP) is 2.62. The molecule has 2 aromatic heterocycles. The van der Waals surface area contributed by atoms with Crippen molar-refractivity contribution in [2.75, 3.05) is 30.4 Å². The maximum atomic E-state index is 13.2. The summed E-state index contributed by atoms with van der Waals surface area (Å²) in [6.07, 6.45) is -4.46. The number of fused-ring (bicyclic) bond motifs is 1. The summed E-state index contributed by atoms with van der Waals surface area (Å²) in [4.78, 5) is 29.5. The van der Waals surface area contributed by atoms with Crippen molar-refractivity contribution >= 4 is 34.2 Å². The molecule has 0 aliphatic heterocycles. The largest absolute Gasteiger partial charge is 0.465 e. The number of methoxy groups -OCH3 is 1. The van der Waals surface area contributed by atoms with Crippen LogP contribution in [-0.4, -0.2) is 35.4 Å². The van der Waals surface area contributed by atoms with Gasteiger partial charge in [0.25, 0.3) is 5.56 Å². The molecule has 8 nitrogen and oxygen atoms in total. The fourth-order valence-electron chi connectivity index (χ4n) is 3.03. The van der Waals surface area contributed by atoms with Crippen molar-refractivity contribution in [1.82, 2.24) is 9.55 Å². The molecule has 3 aromatic rings. The Balaban J connectivity index is 2.36. The number of aromatic nitrogens is 2. The number of nitrogen functional groups attached to an aromatic ring is 2. The Hall–Kier alpha value is -3.76. The van der Waals surface area contributed by atoms with Crippen molar-refractivity contribution in [1.29, 1.82) is 0 Å². The quantitative estimate of drug-likeness (QED) is 0.437. The number of halogens is 3. The maximum Gasteiger partial charge on any atom is 0.405 e. The zero-order valence-electron chi connectivity index (χ0n) is 16.0. The van der Waals surface area contributed by atoms with E-state index in [0.717, 1.165) is 11.7 Å². The highest BCUT2D eigenvalue weighted by Crippen LogP contribution is 2.27. The Morgan fingerprint density at radius 3 is 2.53 bits per heavy atom. The molecule has 2 heterocycles. The number of anilines is 3. The summed E-state index contributed by atoms with van der Waals surface area (Å²) in [5, 5.41) is 2.36. The third-order valence-electron chi connectivity index (χ3n) is 4.38. The minimum atomic E-state index is -4.46. The summed E-state index contributed by atoms with van der Waals surface area (Å²) in [5.74, 6) is -1.06. The molecule has 0 saturated heterocycles. The summed E-state index contributed by atoms with van der Waals surface area (Å²) >= 11 is 0. The first-order valence-corrected chi connectivity index (χ1v) is 8.64. The molecular weight excluding hydrogens is 403 g/mol. The summed E-state index contributed by atoms with van der Waals surface area (Å²) in [7, 11) is 1.10. The van der Waals surface area contributed by atoms with E-state index in [0.29, 0.717) is 16.9 Å². The van der Waals surface area contributed by atoms with Gasteiger partial charge in [0.1, 0.15) is 17.9 Å². The van der Waals surface area contributed by atoms with E-state index in [2.05, 4.69) is 15.0 Å². The Morgan fingerprint density at radius 1 is 1.23 bits per heavy atom. The number of nitrogens with two attached hydrogens (primary N) is 2. The Bertz CT molecular complexity index is 1200. The molecule has 3 rings (SSSR count). The van der Waals surface area contributed by atoms with Crippen LogP contribution in [0.1, 0.15) is 15.9 Å². The van der Waals surface area contributed by atoms with Crippen LogP contribution in [-0.2, 0) is 4.74 Å². The van der Waals surface area contributed by atoms with E-state index in [4.69, 9.17) is 11.5 Å². The van der Waals surface area contributed by atoms with Crippen LogP contribution in [0.5, 0.6) is 0 Å². The molecule has 11 heteroatoms. The number of esters is 1. The van der Waals surface area contributed by atoms with Gasteiger partial charge < -0.3 is 21.5 Å². The summed E-state index contributed by atoms with van der Waals surface area (Å²) in [5.41, 5.74) is 11.7. The molecule has 0 bridgehead atoms. The van der Waals surface area contributed by atoms with Crippen LogP contribution in [0.3, 0.4) is 0 Å². The molecule has 30 heavy (non-hydrogen) atoms. The van der Waals surface area contributed by atoms with E-state index in [1.54, 1.807) is 25.1 Å². The Morgan fingerprint density at radius 2 is 1.93 bits per heavy atom. The second-order valence-corrected chi connectivity index (χ2v) is 6.50. The average Bonchev–Trinajstić information content (AvgIpc) is 2.67. The SMILES string of the molecule is COC(=O)c1c(N)c2ccc(NCC(F)(F)F)nc2n(-c2ccc(N)cc2C)c1=O. The van der Waals surface area contributed by atoms with Gasteiger partial charge in [-0.05, 0) is 42.8 Å². The molecular formula is C19H18F3N5O3. The third kappa shape index (κ3) is 3.86. The molecule has 0 atom stereocenters. The summed E-state index contributed by atoms with van der Waals surface area (Å²) in [6, 6.07) is 7.34. The Kier molecular flexibility index (Phi) is 5.29. The van der Waals surface area contributed by atoms with Gasteiger partial charge in [0.15, 0.2) is 5.65 Å². The van der Waals surface area contributed by atoms with E-state index < -0.39 is 29.8 Å². The summed E-state index contributed by atoms with van der Waals surface area (Å²) < 4.78 is 43.5. The molecule has 0 aliphatic rings. The maximum absolute atomic E-state index is 13.2. The number of nitrogens with zero attached hydrogens (tertiary/aromatic N) is 2. The first kappa shape index (κ1) is 21.0. The van der Waals surface area contributed by atoms with Gasteiger partial charge >= 0.3 is 12.1 Å². The molecule has 1 aromatic carbocycles. The minimum absolute atomic E-state index is 0.0230. The zero-order chi connectivity index (χ0) is 22.2. The number of hydrogen-bond donors (Lipinski definition) is 3. The number of rotatable bonds is 4. The number of aryl methyl sites for hydroxylation is 1. The molecule has 5 N–H and O–H groups in total. The standard InChI is InChI=1S/C19H18F3N5O3/c1-9-7-10(23)3-5-12(9)27-16-11(15(24)14(17(27)28)18(29)30-2)4-6-13(26-16)25-8-19(20,21)22/h3-7H,8,23-24H2,1-2H3,(H,25,26). The average molecular weight is 421 g/mol. The lowest BCUT2D eigenvalue weighted by Gasteiger charge is -2.17. The first-order chi connectivity index (χ1) is 14.0. The van der Waals surface area contributed by atoms with E-state index in [1.165, 1.54) is 12.1 Å². The highest BCUT2D eigenvalue weighted by Gasteiger charge is 2.27. The number of carbonyl (C=O) groups is 1. The number of alkyl halides is 3. The van der Waals surface area contributed by atoms with Crippen molar-refractivity contribution in [2.24, 2.45) is 0 Å². The van der Waals surface area contributed by atoms with Gasteiger partial charge in [-0.15, -0.1) is 0 Å². The topological polar surface area (TPSA) is 125 Å². The predicted molar refractivity (Wildman–Crippen MR) is 107 cm³/mol. The molecule has 0 aliphatic carbocycles. The zero-order valence-corrected chi connectivity index (χ0v) is 16.0. The number of benzene rings is 1. The van der Waals surface area contributed by atoms with Crippen molar-refractivity contribution in [3.8, 4) is 5.69 Å². The number of nitrogens with one attached hydrogen (secondary N) is 1. The normalized spacial score (nSPS) is 11.5. The highest BCUT2D eigenvalue weighted by atomic mass is 19.4. The number of carbonyl (C=O) groups excluding carboxylic acids is 1. The molecule has 0 saturated carbocycles. The van der Waals surface area contributed by atoms with E-state index in [1.807, 2.05) is 0 Å². The number of hydrogen-bond acceptors (Lipinski definition) is 7. The van der Waals surface area contributed by atoms with E-state index in [9.17, 15) is 22.8 Å². The number of pyridine rings is 2. The lowest BCUT2D eigenvalue weighted by molar-refractivity contribution is -0.115. The van der Waals surface area contributed by atoms with Crippen molar-refractivity contribution in [2.45, 2.75) is 13.1 Å². The van der Waals surface area contributed by atoms with Crippen LogP contribution in [0.4, 0.5) is 30.4 Å². The van der Waals surface area contributed by atoms with E-state index >= 15 is 0 Å².